The van der Waals surface area contributed by atoms with Crippen LogP contribution in [0.15, 0.2) is 42.7 Å². The van der Waals surface area contributed by atoms with E-state index in [4.69, 9.17) is 11.6 Å². The van der Waals surface area contributed by atoms with Crippen LogP contribution in [0, 0.1) is 10.1 Å². The third-order valence-electron chi connectivity index (χ3n) is 2.95. The lowest BCUT2D eigenvalue weighted by atomic mass is 10.2. The monoisotopic (exact) mass is 307 g/mol. The van der Waals surface area contributed by atoms with Crippen LogP contribution in [0.5, 0.6) is 0 Å². The maximum atomic E-state index is 11.9. The van der Waals surface area contributed by atoms with Crippen LogP contribution in [-0.2, 0) is 6.54 Å². The summed E-state index contributed by atoms with van der Waals surface area (Å²) in [6.45, 7) is 1.29. The van der Waals surface area contributed by atoms with Gasteiger partial charge in [0, 0.05) is 37.1 Å². The Morgan fingerprint density at radius 2 is 2.05 bits per heavy atom. The molecule has 0 atom stereocenters. The van der Waals surface area contributed by atoms with E-state index in [1.54, 1.807) is 0 Å². The van der Waals surface area contributed by atoms with Gasteiger partial charge in [-0.3, -0.25) is 14.9 Å². The summed E-state index contributed by atoms with van der Waals surface area (Å²) in [4.78, 5) is 22.1. The topological polar surface area (TPSA) is 77.2 Å². The van der Waals surface area contributed by atoms with E-state index in [1.807, 2.05) is 29.1 Å². The molecule has 2 aromatic rings. The molecule has 0 bridgehead atoms. The SMILES string of the molecule is O=C(NCCCn1cccc1)c1ccc(Cl)c([N+](=O)[O-])c1. The zero-order valence-corrected chi connectivity index (χ0v) is 11.9. The van der Waals surface area contributed by atoms with Gasteiger partial charge in [0.25, 0.3) is 11.6 Å². The fraction of sp³-hybridized carbons (Fsp3) is 0.214. The highest BCUT2D eigenvalue weighted by atomic mass is 35.5. The Kier molecular flexibility index (Phi) is 4.94. The molecule has 0 unspecified atom stereocenters. The van der Waals surface area contributed by atoms with Crippen molar-refractivity contribution in [1.29, 1.82) is 0 Å². The summed E-state index contributed by atoms with van der Waals surface area (Å²) in [6, 6.07) is 7.88. The average molecular weight is 308 g/mol. The average Bonchev–Trinajstić information content (AvgIpc) is 2.96. The minimum atomic E-state index is -0.606. The number of benzene rings is 1. The second kappa shape index (κ2) is 6.90. The first-order chi connectivity index (χ1) is 10.1. The fourth-order valence-corrected chi connectivity index (χ4v) is 2.07. The van der Waals surface area contributed by atoms with Gasteiger partial charge >= 0.3 is 0 Å². The van der Waals surface area contributed by atoms with Crippen molar-refractivity contribution >= 4 is 23.2 Å². The largest absolute Gasteiger partial charge is 0.354 e. The van der Waals surface area contributed by atoms with E-state index in [2.05, 4.69) is 5.32 Å². The van der Waals surface area contributed by atoms with Crippen molar-refractivity contribution in [3.05, 3.63) is 63.4 Å². The molecular weight excluding hydrogens is 294 g/mol. The molecule has 0 spiro atoms. The van der Waals surface area contributed by atoms with Crippen molar-refractivity contribution in [2.24, 2.45) is 0 Å². The molecule has 0 aliphatic heterocycles. The van der Waals surface area contributed by atoms with Crippen LogP contribution in [0.25, 0.3) is 0 Å². The molecule has 1 aromatic heterocycles. The fourth-order valence-electron chi connectivity index (χ4n) is 1.88. The number of aryl methyl sites for hydroxylation is 1. The summed E-state index contributed by atoms with van der Waals surface area (Å²) in [5.74, 6) is -0.345. The van der Waals surface area contributed by atoms with Gasteiger partial charge in [-0.2, -0.15) is 0 Å². The van der Waals surface area contributed by atoms with Crippen LogP contribution in [0.4, 0.5) is 5.69 Å². The van der Waals surface area contributed by atoms with Gasteiger partial charge in [-0.25, -0.2) is 0 Å². The van der Waals surface area contributed by atoms with Crippen molar-refractivity contribution in [1.82, 2.24) is 9.88 Å². The highest BCUT2D eigenvalue weighted by Crippen LogP contribution is 2.24. The smallest absolute Gasteiger partial charge is 0.288 e. The number of nitro groups is 1. The van der Waals surface area contributed by atoms with Gasteiger partial charge in [0.2, 0.25) is 0 Å². The van der Waals surface area contributed by atoms with E-state index in [-0.39, 0.29) is 22.2 Å². The minimum Gasteiger partial charge on any atom is -0.354 e. The van der Waals surface area contributed by atoms with Gasteiger partial charge < -0.3 is 9.88 Å². The second-order valence-corrected chi connectivity index (χ2v) is 4.86. The van der Waals surface area contributed by atoms with Crippen molar-refractivity contribution in [3.63, 3.8) is 0 Å². The zero-order chi connectivity index (χ0) is 15.2. The van der Waals surface area contributed by atoms with Gasteiger partial charge in [0.1, 0.15) is 5.02 Å². The maximum absolute atomic E-state index is 11.9. The zero-order valence-electron chi connectivity index (χ0n) is 11.2. The molecule has 1 amide bonds. The minimum absolute atomic E-state index is 0.0177. The highest BCUT2D eigenvalue weighted by Gasteiger charge is 2.15. The van der Waals surface area contributed by atoms with Crippen LogP contribution in [0.3, 0.4) is 0 Å². The summed E-state index contributed by atoms with van der Waals surface area (Å²) in [5, 5.41) is 13.5. The van der Waals surface area contributed by atoms with Crippen LogP contribution < -0.4 is 5.32 Å². The van der Waals surface area contributed by atoms with Gasteiger partial charge in [-0.15, -0.1) is 0 Å². The third-order valence-corrected chi connectivity index (χ3v) is 3.27. The number of nitrogens with one attached hydrogen (secondary N) is 1. The molecule has 0 saturated carbocycles. The Balaban J connectivity index is 1.88. The lowest BCUT2D eigenvalue weighted by molar-refractivity contribution is -0.384. The molecule has 1 aromatic carbocycles. The molecule has 0 fully saturated rings. The number of amides is 1. The number of halogens is 1. The lowest BCUT2D eigenvalue weighted by Crippen LogP contribution is -2.25. The summed E-state index contributed by atoms with van der Waals surface area (Å²) in [6.07, 6.45) is 4.67. The van der Waals surface area contributed by atoms with Gasteiger partial charge in [-0.1, -0.05) is 11.6 Å². The van der Waals surface area contributed by atoms with Crippen LogP contribution in [0.1, 0.15) is 16.8 Å². The predicted octanol–water partition coefficient (Wildman–Crippen LogP) is 2.87. The molecule has 1 heterocycles. The standard InChI is InChI=1S/C14H14ClN3O3/c15-12-5-4-11(10-13(12)18(20)21)14(19)16-6-3-9-17-7-1-2-8-17/h1-2,4-5,7-8,10H,3,6,9H2,(H,16,19). The Morgan fingerprint density at radius 3 is 2.71 bits per heavy atom. The number of carbonyl (C=O) groups excluding carboxylic acids is 1. The third kappa shape index (κ3) is 4.06. The van der Waals surface area contributed by atoms with E-state index >= 15 is 0 Å². The molecule has 21 heavy (non-hydrogen) atoms. The van der Waals surface area contributed by atoms with E-state index in [1.165, 1.54) is 18.2 Å². The molecule has 1 N–H and O–H groups in total. The number of carbonyl (C=O) groups is 1. The first-order valence-electron chi connectivity index (χ1n) is 6.41. The van der Waals surface area contributed by atoms with E-state index in [0.717, 1.165) is 13.0 Å². The molecule has 6 nitrogen and oxygen atoms in total. The molecule has 0 saturated heterocycles. The summed E-state index contributed by atoms with van der Waals surface area (Å²) < 4.78 is 2.01. The van der Waals surface area contributed by atoms with Crippen LogP contribution in [0.2, 0.25) is 5.02 Å². The molecule has 2 rings (SSSR count). The quantitative estimate of drug-likeness (QED) is 0.506. The number of hydrogen-bond acceptors (Lipinski definition) is 3. The van der Waals surface area contributed by atoms with Gasteiger partial charge in [0.15, 0.2) is 0 Å². The molecule has 110 valence electrons. The van der Waals surface area contributed by atoms with E-state index < -0.39 is 4.92 Å². The molecular formula is C14H14ClN3O3. The predicted molar refractivity (Wildman–Crippen MR) is 79.5 cm³/mol. The second-order valence-electron chi connectivity index (χ2n) is 4.45. The molecule has 0 aliphatic carbocycles. The van der Waals surface area contributed by atoms with Crippen molar-refractivity contribution < 1.29 is 9.72 Å². The number of rotatable bonds is 6. The van der Waals surface area contributed by atoms with E-state index in [9.17, 15) is 14.9 Å². The molecule has 7 heteroatoms. The number of nitrogens with zero attached hydrogens (tertiary/aromatic N) is 2. The molecule has 0 radical (unpaired) electrons. The summed E-state index contributed by atoms with van der Waals surface area (Å²) >= 11 is 5.70. The van der Waals surface area contributed by atoms with E-state index in [0.29, 0.717) is 6.54 Å². The Morgan fingerprint density at radius 1 is 1.33 bits per heavy atom. The number of nitro benzene ring substituents is 1. The Hall–Kier alpha value is -2.34. The number of aromatic nitrogens is 1. The highest BCUT2D eigenvalue weighted by molar-refractivity contribution is 6.32. The maximum Gasteiger partial charge on any atom is 0.288 e. The van der Waals surface area contributed by atoms with Crippen molar-refractivity contribution in [3.8, 4) is 0 Å². The normalized spacial score (nSPS) is 10.3. The van der Waals surface area contributed by atoms with Gasteiger partial charge in [0.05, 0.1) is 4.92 Å². The summed E-state index contributed by atoms with van der Waals surface area (Å²) in [7, 11) is 0. The van der Waals surface area contributed by atoms with Crippen molar-refractivity contribution in [2.45, 2.75) is 13.0 Å². The van der Waals surface area contributed by atoms with Crippen LogP contribution in [-0.4, -0.2) is 21.9 Å². The van der Waals surface area contributed by atoms with Crippen molar-refractivity contribution in [2.75, 3.05) is 6.54 Å². The first-order valence-corrected chi connectivity index (χ1v) is 6.78. The lowest BCUT2D eigenvalue weighted by Gasteiger charge is -2.06. The number of hydrogen-bond donors (Lipinski definition) is 1. The molecule has 0 aliphatic rings. The van der Waals surface area contributed by atoms with Crippen LogP contribution >= 0.6 is 11.6 Å². The summed E-state index contributed by atoms with van der Waals surface area (Å²) in [5.41, 5.74) is -0.0382. The Bertz CT molecular complexity index is 641. The first kappa shape index (κ1) is 15.1. The Labute approximate surface area is 126 Å². The van der Waals surface area contributed by atoms with Gasteiger partial charge in [-0.05, 0) is 30.7 Å².